The van der Waals surface area contributed by atoms with Crippen molar-refractivity contribution in [2.45, 2.75) is 44.7 Å². The predicted molar refractivity (Wildman–Crippen MR) is 85.5 cm³/mol. The van der Waals surface area contributed by atoms with E-state index in [1.807, 2.05) is 32.0 Å². The van der Waals surface area contributed by atoms with Gasteiger partial charge in [-0.1, -0.05) is 37.2 Å². The Morgan fingerprint density at radius 3 is 2.57 bits per heavy atom. The van der Waals surface area contributed by atoms with E-state index in [1.54, 1.807) is 12.1 Å². The second-order valence-corrected chi connectivity index (χ2v) is 6.53. The van der Waals surface area contributed by atoms with Crippen LogP contribution in [-0.4, -0.2) is 16.0 Å². The van der Waals surface area contributed by atoms with E-state index in [2.05, 4.69) is 15.5 Å². The summed E-state index contributed by atoms with van der Waals surface area (Å²) in [5, 5.41) is 7.00. The molecule has 3 N–H and O–H groups in total. The standard InChI is InChI=1S/C17H22N4O2/c1-11(2)13(19-14(22)12-7-4-3-5-8-12)15-20-16(21-23-15)17(18)9-6-10-17/h3-5,7-8,11,13H,6,9-10,18H2,1-2H3,(H,19,22). The fraction of sp³-hybridized carbons (Fsp3) is 0.471. The summed E-state index contributed by atoms with van der Waals surface area (Å²) in [7, 11) is 0. The lowest BCUT2D eigenvalue weighted by atomic mass is 9.77. The van der Waals surface area contributed by atoms with Gasteiger partial charge in [-0.3, -0.25) is 4.79 Å². The molecule has 1 amide bonds. The summed E-state index contributed by atoms with van der Waals surface area (Å²) in [6.45, 7) is 4.00. The largest absolute Gasteiger partial charge is 0.340 e. The van der Waals surface area contributed by atoms with Gasteiger partial charge < -0.3 is 15.6 Å². The van der Waals surface area contributed by atoms with Crippen LogP contribution >= 0.6 is 0 Å². The maximum absolute atomic E-state index is 12.4. The highest BCUT2D eigenvalue weighted by Gasteiger charge is 2.39. The monoisotopic (exact) mass is 314 g/mol. The van der Waals surface area contributed by atoms with Crippen LogP contribution < -0.4 is 11.1 Å². The minimum absolute atomic E-state index is 0.117. The number of nitrogens with one attached hydrogen (secondary N) is 1. The normalized spacial score (nSPS) is 17.6. The molecule has 0 bridgehead atoms. The third-order valence-electron chi connectivity index (χ3n) is 4.39. The van der Waals surface area contributed by atoms with Crippen molar-refractivity contribution in [3.63, 3.8) is 0 Å². The molecule has 23 heavy (non-hydrogen) atoms. The molecule has 1 aromatic heterocycles. The fourth-order valence-electron chi connectivity index (χ4n) is 2.67. The summed E-state index contributed by atoms with van der Waals surface area (Å²) >= 11 is 0. The average Bonchev–Trinajstić information content (AvgIpc) is 3.00. The van der Waals surface area contributed by atoms with Crippen molar-refractivity contribution in [1.29, 1.82) is 0 Å². The number of hydrogen-bond donors (Lipinski definition) is 2. The maximum Gasteiger partial charge on any atom is 0.251 e. The minimum Gasteiger partial charge on any atom is -0.340 e. The second kappa shape index (κ2) is 6.12. The molecular formula is C17H22N4O2. The molecule has 1 atom stereocenters. The molecule has 1 unspecified atom stereocenters. The van der Waals surface area contributed by atoms with Crippen molar-refractivity contribution in [2.24, 2.45) is 11.7 Å². The zero-order valence-electron chi connectivity index (χ0n) is 13.5. The van der Waals surface area contributed by atoms with E-state index < -0.39 is 5.54 Å². The topological polar surface area (TPSA) is 94.0 Å². The Balaban J connectivity index is 1.78. The quantitative estimate of drug-likeness (QED) is 0.884. The lowest BCUT2D eigenvalue weighted by Crippen LogP contribution is -2.44. The van der Waals surface area contributed by atoms with E-state index in [0.29, 0.717) is 17.3 Å². The van der Waals surface area contributed by atoms with Gasteiger partial charge in [0.1, 0.15) is 6.04 Å². The Hall–Kier alpha value is -2.21. The van der Waals surface area contributed by atoms with Crippen molar-refractivity contribution >= 4 is 5.91 Å². The smallest absolute Gasteiger partial charge is 0.251 e. The molecule has 3 rings (SSSR count). The summed E-state index contributed by atoms with van der Waals surface area (Å²) in [4.78, 5) is 16.8. The number of rotatable bonds is 5. The predicted octanol–water partition coefficient (Wildman–Crippen LogP) is 2.53. The number of carbonyl (C=O) groups excluding carboxylic acids is 1. The molecule has 6 heteroatoms. The Labute approximate surface area is 135 Å². The van der Waals surface area contributed by atoms with E-state index in [0.717, 1.165) is 19.3 Å². The van der Waals surface area contributed by atoms with Gasteiger partial charge in [-0.25, -0.2) is 0 Å². The van der Waals surface area contributed by atoms with Crippen molar-refractivity contribution in [3.8, 4) is 0 Å². The van der Waals surface area contributed by atoms with Crippen molar-refractivity contribution in [3.05, 3.63) is 47.6 Å². The van der Waals surface area contributed by atoms with Crippen molar-refractivity contribution in [2.75, 3.05) is 0 Å². The number of carbonyl (C=O) groups is 1. The van der Waals surface area contributed by atoms with Crippen LogP contribution in [0.5, 0.6) is 0 Å². The summed E-state index contributed by atoms with van der Waals surface area (Å²) in [6.07, 6.45) is 2.82. The van der Waals surface area contributed by atoms with Gasteiger partial charge in [0.2, 0.25) is 5.89 Å². The van der Waals surface area contributed by atoms with Gasteiger partial charge in [0, 0.05) is 5.56 Å². The molecule has 0 radical (unpaired) electrons. The van der Waals surface area contributed by atoms with Crippen LogP contribution in [0.1, 0.15) is 61.2 Å². The van der Waals surface area contributed by atoms with Gasteiger partial charge in [0.25, 0.3) is 5.91 Å². The summed E-state index contributed by atoms with van der Waals surface area (Å²) in [6, 6.07) is 8.75. The number of aromatic nitrogens is 2. The van der Waals surface area contributed by atoms with Gasteiger partial charge >= 0.3 is 0 Å². The van der Waals surface area contributed by atoms with Crippen LogP contribution in [-0.2, 0) is 5.54 Å². The van der Waals surface area contributed by atoms with Crippen LogP contribution in [0, 0.1) is 5.92 Å². The number of nitrogens with two attached hydrogens (primary N) is 1. The SMILES string of the molecule is CC(C)C(NC(=O)c1ccccc1)c1nc(C2(N)CCC2)no1. The highest BCUT2D eigenvalue weighted by molar-refractivity contribution is 5.94. The highest BCUT2D eigenvalue weighted by Crippen LogP contribution is 2.37. The van der Waals surface area contributed by atoms with Gasteiger partial charge in [0.05, 0.1) is 5.54 Å². The number of nitrogens with zero attached hydrogens (tertiary/aromatic N) is 2. The van der Waals surface area contributed by atoms with Crippen LogP contribution in [0.4, 0.5) is 0 Å². The van der Waals surface area contributed by atoms with Crippen LogP contribution in [0.3, 0.4) is 0 Å². The van der Waals surface area contributed by atoms with E-state index in [1.165, 1.54) is 0 Å². The molecule has 1 saturated carbocycles. The Morgan fingerprint density at radius 1 is 1.30 bits per heavy atom. The molecule has 2 aromatic rings. The van der Waals surface area contributed by atoms with Gasteiger partial charge in [-0.15, -0.1) is 0 Å². The molecule has 1 aromatic carbocycles. The average molecular weight is 314 g/mol. The first-order valence-corrected chi connectivity index (χ1v) is 7.98. The maximum atomic E-state index is 12.4. The third-order valence-corrected chi connectivity index (χ3v) is 4.39. The summed E-state index contributed by atoms with van der Waals surface area (Å²) in [5.41, 5.74) is 6.37. The minimum atomic E-state index is -0.466. The van der Waals surface area contributed by atoms with Crippen molar-refractivity contribution < 1.29 is 9.32 Å². The lowest BCUT2D eigenvalue weighted by Gasteiger charge is -2.34. The van der Waals surface area contributed by atoms with Gasteiger partial charge in [0.15, 0.2) is 5.82 Å². The fourth-order valence-corrected chi connectivity index (χ4v) is 2.67. The van der Waals surface area contributed by atoms with Crippen LogP contribution in [0.15, 0.2) is 34.9 Å². The Morgan fingerprint density at radius 2 is 2.00 bits per heavy atom. The first-order chi connectivity index (χ1) is 11.0. The molecular weight excluding hydrogens is 292 g/mol. The van der Waals surface area contributed by atoms with Gasteiger partial charge in [-0.05, 0) is 37.3 Å². The molecule has 1 fully saturated rings. The molecule has 0 saturated heterocycles. The third kappa shape index (κ3) is 3.12. The lowest BCUT2D eigenvalue weighted by molar-refractivity contribution is 0.0914. The van der Waals surface area contributed by atoms with E-state index in [4.69, 9.17) is 10.3 Å². The zero-order chi connectivity index (χ0) is 16.4. The molecule has 122 valence electrons. The van der Waals surface area contributed by atoms with Crippen molar-refractivity contribution in [1.82, 2.24) is 15.5 Å². The van der Waals surface area contributed by atoms with E-state index in [9.17, 15) is 4.79 Å². The van der Waals surface area contributed by atoms with Crippen LogP contribution in [0.2, 0.25) is 0 Å². The molecule has 0 aliphatic heterocycles. The highest BCUT2D eigenvalue weighted by atomic mass is 16.5. The van der Waals surface area contributed by atoms with Gasteiger partial charge in [-0.2, -0.15) is 4.98 Å². The van der Waals surface area contributed by atoms with E-state index in [-0.39, 0.29) is 17.9 Å². The number of hydrogen-bond acceptors (Lipinski definition) is 5. The zero-order valence-corrected chi connectivity index (χ0v) is 13.5. The number of benzene rings is 1. The first-order valence-electron chi connectivity index (χ1n) is 7.98. The Kier molecular flexibility index (Phi) is 4.17. The summed E-state index contributed by atoms with van der Waals surface area (Å²) < 4.78 is 5.39. The first kappa shape index (κ1) is 15.7. The number of amides is 1. The molecule has 0 spiro atoms. The second-order valence-electron chi connectivity index (χ2n) is 6.53. The molecule has 1 aliphatic carbocycles. The van der Waals surface area contributed by atoms with E-state index >= 15 is 0 Å². The summed E-state index contributed by atoms with van der Waals surface area (Å²) in [5.74, 6) is 0.913. The van der Waals surface area contributed by atoms with Crippen LogP contribution in [0.25, 0.3) is 0 Å². The molecule has 1 heterocycles. The Bertz CT molecular complexity index is 677. The molecule has 1 aliphatic rings. The molecule has 6 nitrogen and oxygen atoms in total.